The summed E-state index contributed by atoms with van der Waals surface area (Å²) in [5.41, 5.74) is 0. The summed E-state index contributed by atoms with van der Waals surface area (Å²) < 4.78 is 0. The summed E-state index contributed by atoms with van der Waals surface area (Å²) in [5.74, 6) is 0.282. The van der Waals surface area contributed by atoms with Gasteiger partial charge >= 0.3 is 0 Å². The highest BCUT2D eigenvalue weighted by atomic mass is 32.1. The van der Waals surface area contributed by atoms with Gasteiger partial charge in [0.15, 0.2) is 0 Å². The molecule has 0 bridgehead atoms. The number of amides is 2. The highest BCUT2D eigenvalue weighted by molar-refractivity contribution is 7.10. The van der Waals surface area contributed by atoms with Gasteiger partial charge in [-0.3, -0.25) is 9.59 Å². The van der Waals surface area contributed by atoms with Crippen LogP contribution >= 0.6 is 11.3 Å². The van der Waals surface area contributed by atoms with E-state index in [4.69, 9.17) is 0 Å². The highest BCUT2D eigenvalue weighted by Gasteiger charge is 2.29. The number of thiophene rings is 1. The summed E-state index contributed by atoms with van der Waals surface area (Å²) in [7, 11) is 1.78. The van der Waals surface area contributed by atoms with E-state index in [-0.39, 0.29) is 30.4 Å². The molecule has 1 atom stereocenters. The van der Waals surface area contributed by atoms with E-state index in [1.54, 1.807) is 11.9 Å². The molecule has 21 heavy (non-hydrogen) atoms. The summed E-state index contributed by atoms with van der Waals surface area (Å²) in [6, 6.07) is 3.59. The lowest BCUT2D eigenvalue weighted by Gasteiger charge is -2.34. The maximum Gasteiger partial charge on any atom is 0.224 e. The molecule has 116 valence electrons. The van der Waals surface area contributed by atoms with Crippen LogP contribution in [0, 0.1) is 5.92 Å². The van der Waals surface area contributed by atoms with Crippen LogP contribution in [-0.4, -0.2) is 41.5 Å². The first-order valence-electron chi connectivity index (χ1n) is 7.18. The number of aliphatic hydroxyl groups excluding tert-OH is 1. The molecule has 2 amide bonds. The van der Waals surface area contributed by atoms with Crippen molar-refractivity contribution in [1.82, 2.24) is 10.2 Å². The molecular formula is C15H22N2O3S. The first-order valence-corrected chi connectivity index (χ1v) is 8.06. The molecular weight excluding hydrogens is 288 g/mol. The molecule has 1 aromatic heterocycles. The van der Waals surface area contributed by atoms with Crippen molar-refractivity contribution in [3.63, 3.8) is 0 Å². The SMILES string of the molecule is CC(=O)NC(CC(=O)N(C)CC1CC(O)C1)c1cccs1. The number of nitrogens with zero attached hydrogens (tertiary/aromatic N) is 1. The second-order valence-corrected chi connectivity index (χ2v) is 6.72. The largest absolute Gasteiger partial charge is 0.393 e. The quantitative estimate of drug-likeness (QED) is 0.837. The molecule has 2 rings (SSSR count). The van der Waals surface area contributed by atoms with Gasteiger partial charge in [0.1, 0.15) is 0 Å². The molecule has 1 unspecified atom stereocenters. The molecule has 0 radical (unpaired) electrons. The highest BCUT2D eigenvalue weighted by Crippen LogP contribution is 2.28. The van der Waals surface area contributed by atoms with Crippen molar-refractivity contribution < 1.29 is 14.7 Å². The van der Waals surface area contributed by atoms with Gasteiger partial charge in [0, 0.05) is 25.4 Å². The second kappa shape index (κ2) is 7.04. The van der Waals surface area contributed by atoms with Crippen molar-refractivity contribution in [3.8, 4) is 0 Å². The van der Waals surface area contributed by atoms with Gasteiger partial charge in [0.25, 0.3) is 0 Å². The Balaban J connectivity index is 1.89. The van der Waals surface area contributed by atoms with Crippen LogP contribution in [0.25, 0.3) is 0 Å². The van der Waals surface area contributed by atoms with Crippen molar-refractivity contribution in [2.45, 2.75) is 38.3 Å². The van der Waals surface area contributed by atoms with Crippen LogP contribution in [0.15, 0.2) is 17.5 Å². The van der Waals surface area contributed by atoms with Gasteiger partial charge in [-0.05, 0) is 30.2 Å². The summed E-state index contributed by atoms with van der Waals surface area (Å²) in [6.45, 7) is 2.14. The lowest BCUT2D eigenvalue weighted by Crippen LogP contribution is -2.40. The average Bonchev–Trinajstić information content (AvgIpc) is 2.89. The fourth-order valence-electron chi connectivity index (χ4n) is 2.63. The summed E-state index contributed by atoms with van der Waals surface area (Å²) in [5, 5.41) is 14.1. The minimum absolute atomic E-state index is 0.0172. The molecule has 0 aromatic carbocycles. The zero-order valence-corrected chi connectivity index (χ0v) is 13.2. The molecule has 2 N–H and O–H groups in total. The first-order chi connectivity index (χ1) is 9.95. The Labute approximate surface area is 129 Å². The van der Waals surface area contributed by atoms with E-state index in [0.717, 1.165) is 17.7 Å². The number of hydrogen-bond donors (Lipinski definition) is 2. The van der Waals surface area contributed by atoms with Crippen LogP contribution < -0.4 is 5.32 Å². The number of nitrogens with one attached hydrogen (secondary N) is 1. The molecule has 1 aromatic rings. The third-order valence-corrected chi connectivity index (χ3v) is 4.80. The maximum absolute atomic E-state index is 12.3. The summed E-state index contributed by atoms with van der Waals surface area (Å²) >= 11 is 1.54. The van der Waals surface area contributed by atoms with Gasteiger partial charge in [-0.25, -0.2) is 0 Å². The zero-order valence-electron chi connectivity index (χ0n) is 12.4. The Bertz CT molecular complexity index is 483. The van der Waals surface area contributed by atoms with Crippen molar-refractivity contribution in [3.05, 3.63) is 22.4 Å². The van der Waals surface area contributed by atoms with Gasteiger partial charge in [-0.15, -0.1) is 11.3 Å². The molecule has 1 saturated carbocycles. The van der Waals surface area contributed by atoms with Crippen LogP contribution in [0.3, 0.4) is 0 Å². The lowest BCUT2D eigenvalue weighted by atomic mass is 9.82. The van der Waals surface area contributed by atoms with E-state index in [1.165, 1.54) is 18.3 Å². The van der Waals surface area contributed by atoms with Gasteiger partial charge in [-0.2, -0.15) is 0 Å². The minimum atomic E-state index is -0.260. The molecule has 0 spiro atoms. The molecule has 5 nitrogen and oxygen atoms in total. The number of carbonyl (C=O) groups excluding carboxylic acids is 2. The monoisotopic (exact) mass is 310 g/mol. The smallest absolute Gasteiger partial charge is 0.224 e. The number of rotatable bonds is 6. The third kappa shape index (κ3) is 4.54. The van der Waals surface area contributed by atoms with Gasteiger partial charge in [0.05, 0.1) is 18.6 Å². The molecule has 6 heteroatoms. The Morgan fingerprint density at radius 1 is 1.52 bits per heavy atom. The van der Waals surface area contributed by atoms with E-state index in [9.17, 15) is 14.7 Å². The Hall–Kier alpha value is -1.40. The van der Waals surface area contributed by atoms with Gasteiger partial charge in [-0.1, -0.05) is 6.07 Å². The Morgan fingerprint density at radius 2 is 2.24 bits per heavy atom. The normalized spacial score (nSPS) is 22.2. The Morgan fingerprint density at radius 3 is 2.76 bits per heavy atom. The van der Waals surface area contributed by atoms with E-state index in [2.05, 4.69) is 5.32 Å². The molecule has 1 aliphatic carbocycles. The van der Waals surface area contributed by atoms with Crippen LogP contribution in [0.4, 0.5) is 0 Å². The summed E-state index contributed by atoms with van der Waals surface area (Å²) in [6.07, 6.45) is 1.62. The molecule has 0 aliphatic heterocycles. The predicted molar refractivity (Wildman–Crippen MR) is 81.9 cm³/mol. The number of hydrogen-bond acceptors (Lipinski definition) is 4. The van der Waals surface area contributed by atoms with E-state index < -0.39 is 0 Å². The van der Waals surface area contributed by atoms with E-state index >= 15 is 0 Å². The van der Waals surface area contributed by atoms with Crippen molar-refractivity contribution >= 4 is 23.2 Å². The van der Waals surface area contributed by atoms with Gasteiger partial charge < -0.3 is 15.3 Å². The van der Waals surface area contributed by atoms with Crippen molar-refractivity contribution in [2.24, 2.45) is 5.92 Å². The second-order valence-electron chi connectivity index (χ2n) is 5.74. The lowest BCUT2D eigenvalue weighted by molar-refractivity contribution is -0.132. The zero-order chi connectivity index (χ0) is 15.4. The van der Waals surface area contributed by atoms with Gasteiger partial charge in [0.2, 0.25) is 11.8 Å². The maximum atomic E-state index is 12.3. The molecule has 1 heterocycles. The van der Waals surface area contributed by atoms with Crippen molar-refractivity contribution in [2.75, 3.05) is 13.6 Å². The first kappa shape index (κ1) is 16.0. The van der Waals surface area contributed by atoms with E-state index in [1.807, 2.05) is 17.5 Å². The standard InChI is InChI=1S/C15H22N2O3S/c1-10(18)16-13(14-4-3-5-21-14)8-15(20)17(2)9-11-6-12(19)7-11/h3-5,11-13,19H,6-9H2,1-2H3,(H,16,18). The predicted octanol–water partition coefficient (Wildman–Crippen LogP) is 1.54. The number of carbonyl (C=O) groups is 2. The molecule has 1 aliphatic rings. The molecule has 1 fully saturated rings. The van der Waals surface area contributed by atoms with Crippen LogP contribution in [0.2, 0.25) is 0 Å². The van der Waals surface area contributed by atoms with Crippen molar-refractivity contribution in [1.29, 1.82) is 0 Å². The topological polar surface area (TPSA) is 69.6 Å². The third-order valence-electron chi connectivity index (χ3n) is 3.81. The Kier molecular flexibility index (Phi) is 5.36. The summed E-state index contributed by atoms with van der Waals surface area (Å²) in [4.78, 5) is 26.3. The minimum Gasteiger partial charge on any atom is -0.393 e. The fraction of sp³-hybridized carbons (Fsp3) is 0.600. The van der Waals surface area contributed by atoms with E-state index in [0.29, 0.717) is 12.5 Å². The van der Waals surface area contributed by atoms with Crippen LogP contribution in [0.5, 0.6) is 0 Å². The molecule has 0 saturated heterocycles. The average molecular weight is 310 g/mol. The van der Waals surface area contributed by atoms with Crippen LogP contribution in [0.1, 0.15) is 37.1 Å². The van der Waals surface area contributed by atoms with Crippen LogP contribution in [-0.2, 0) is 9.59 Å². The fourth-order valence-corrected chi connectivity index (χ4v) is 3.40. The number of aliphatic hydroxyl groups is 1.